The Bertz CT molecular complexity index is 770. The molecule has 0 unspecified atom stereocenters. The Labute approximate surface area is 139 Å². The lowest BCUT2D eigenvalue weighted by molar-refractivity contribution is -0.394. The van der Waals surface area contributed by atoms with E-state index in [0.29, 0.717) is 6.54 Å². The molecule has 0 aliphatic carbocycles. The van der Waals surface area contributed by atoms with Crippen molar-refractivity contribution in [2.24, 2.45) is 0 Å². The van der Waals surface area contributed by atoms with Crippen molar-refractivity contribution in [3.05, 3.63) is 33.4 Å². The summed E-state index contributed by atoms with van der Waals surface area (Å²) in [6, 6.07) is 0. The summed E-state index contributed by atoms with van der Waals surface area (Å²) < 4.78 is 2.63. The van der Waals surface area contributed by atoms with E-state index >= 15 is 0 Å². The molecule has 0 bridgehead atoms. The predicted octanol–water partition coefficient (Wildman–Crippen LogP) is -0.0926. The number of hydrogen-bond acceptors (Lipinski definition) is 7. The molecule has 0 saturated heterocycles. The molecule has 0 spiro atoms. The number of halogens is 1. The lowest BCUT2D eigenvalue weighted by atomic mass is 10.4. The predicted molar refractivity (Wildman–Crippen MR) is 79.8 cm³/mol. The zero-order valence-corrected chi connectivity index (χ0v) is 13.2. The van der Waals surface area contributed by atoms with Crippen LogP contribution in [0.5, 0.6) is 0 Å². The van der Waals surface area contributed by atoms with Gasteiger partial charge in [0, 0.05) is 24.3 Å². The van der Waals surface area contributed by atoms with Crippen molar-refractivity contribution in [3.63, 3.8) is 0 Å². The number of aryl methyl sites for hydroxylation is 2. The summed E-state index contributed by atoms with van der Waals surface area (Å²) in [5.41, 5.74) is 4.37. The Morgan fingerprint density at radius 1 is 1.33 bits per heavy atom. The zero-order valence-electron chi connectivity index (χ0n) is 12.5. The SMILES string of the molecule is CCn1cc(Cl)c(C(=O)NNC(=O)CCn2cnc([N+](=O)[O-])n2)n1. The van der Waals surface area contributed by atoms with Crippen molar-refractivity contribution in [2.75, 3.05) is 0 Å². The van der Waals surface area contributed by atoms with E-state index < -0.39 is 22.7 Å². The van der Waals surface area contributed by atoms with Gasteiger partial charge in [-0.1, -0.05) is 16.6 Å². The molecule has 128 valence electrons. The summed E-state index contributed by atoms with van der Waals surface area (Å²) in [4.78, 5) is 36.7. The van der Waals surface area contributed by atoms with Crippen LogP contribution in [0.3, 0.4) is 0 Å². The van der Waals surface area contributed by atoms with E-state index in [4.69, 9.17) is 11.6 Å². The maximum Gasteiger partial charge on any atom is 0.490 e. The number of aromatic nitrogens is 5. The van der Waals surface area contributed by atoms with Crippen LogP contribution >= 0.6 is 11.6 Å². The van der Waals surface area contributed by atoms with E-state index in [-0.39, 0.29) is 23.7 Å². The lowest BCUT2D eigenvalue weighted by Crippen LogP contribution is -2.42. The second kappa shape index (κ2) is 7.50. The first-order valence-corrected chi connectivity index (χ1v) is 7.14. The molecule has 0 aliphatic rings. The molecule has 0 aromatic carbocycles. The van der Waals surface area contributed by atoms with Gasteiger partial charge in [-0.2, -0.15) is 9.78 Å². The van der Waals surface area contributed by atoms with Gasteiger partial charge in [0.25, 0.3) is 5.91 Å². The van der Waals surface area contributed by atoms with Gasteiger partial charge in [-0.25, -0.2) is 0 Å². The average Bonchev–Trinajstić information content (AvgIpc) is 3.17. The first-order chi connectivity index (χ1) is 11.4. The molecule has 0 atom stereocenters. The molecule has 0 fully saturated rings. The zero-order chi connectivity index (χ0) is 17.7. The van der Waals surface area contributed by atoms with Gasteiger partial charge < -0.3 is 10.1 Å². The summed E-state index contributed by atoms with van der Waals surface area (Å²) in [7, 11) is 0. The minimum Gasteiger partial charge on any atom is -0.390 e. The van der Waals surface area contributed by atoms with Gasteiger partial charge in [0.15, 0.2) is 5.69 Å². The smallest absolute Gasteiger partial charge is 0.390 e. The molecule has 0 saturated carbocycles. The van der Waals surface area contributed by atoms with Crippen LogP contribution in [0, 0.1) is 10.1 Å². The lowest BCUT2D eigenvalue weighted by Gasteiger charge is -2.05. The molecule has 2 aromatic heterocycles. The number of nitrogens with one attached hydrogen (secondary N) is 2. The van der Waals surface area contributed by atoms with Crippen molar-refractivity contribution in [1.82, 2.24) is 35.4 Å². The van der Waals surface area contributed by atoms with Gasteiger partial charge in [-0.15, -0.1) is 0 Å². The summed E-state index contributed by atoms with van der Waals surface area (Å²) >= 11 is 5.87. The number of rotatable bonds is 6. The van der Waals surface area contributed by atoms with Crippen molar-refractivity contribution < 1.29 is 14.5 Å². The van der Waals surface area contributed by atoms with Crippen LogP contribution in [-0.2, 0) is 17.9 Å². The van der Waals surface area contributed by atoms with Crippen LogP contribution in [0.25, 0.3) is 0 Å². The fourth-order valence-corrected chi connectivity index (χ4v) is 1.89. The number of carbonyl (C=O) groups is 2. The van der Waals surface area contributed by atoms with Gasteiger partial charge in [0.1, 0.15) is 0 Å². The molecule has 12 nitrogen and oxygen atoms in total. The fraction of sp³-hybridized carbons (Fsp3) is 0.364. The Kier molecular flexibility index (Phi) is 5.42. The molecule has 2 aromatic rings. The summed E-state index contributed by atoms with van der Waals surface area (Å²) in [6.45, 7) is 2.44. The quantitative estimate of drug-likeness (QED) is 0.542. The molecule has 13 heteroatoms. The first kappa shape index (κ1) is 17.3. The van der Waals surface area contributed by atoms with Crippen LogP contribution in [-0.4, -0.2) is 41.3 Å². The van der Waals surface area contributed by atoms with E-state index in [1.54, 1.807) is 0 Å². The third kappa shape index (κ3) is 4.25. The van der Waals surface area contributed by atoms with Crippen molar-refractivity contribution in [1.29, 1.82) is 0 Å². The van der Waals surface area contributed by atoms with Crippen molar-refractivity contribution >= 4 is 29.4 Å². The summed E-state index contributed by atoms with van der Waals surface area (Å²) in [6.07, 6.45) is 2.56. The molecule has 2 amide bonds. The van der Waals surface area contributed by atoms with Crippen LogP contribution in [0.4, 0.5) is 5.95 Å². The highest BCUT2D eigenvalue weighted by atomic mass is 35.5. The van der Waals surface area contributed by atoms with Gasteiger partial charge in [-0.05, 0) is 11.8 Å². The van der Waals surface area contributed by atoms with E-state index in [1.807, 2.05) is 6.92 Å². The Balaban J connectivity index is 1.80. The van der Waals surface area contributed by atoms with E-state index in [0.717, 1.165) is 11.0 Å². The van der Waals surface area contributed by atoms with E-state index in [1.165, 1.54) is 10.9 Å². The number of hydrogen-bond donors (Lipinski definition) is 2. The third-order valence-corrected chi connectivity index (χ3v) is 3.10. The third-order valence-electron chi connectivity index (χ3n) is 2.83. The summed E-state index contributed by atoms with van der Waals surface area (Å²) in [5, 5.41) is 18.1. The molecule has 2 N–H and O–H groups in total. The molecular weight excluding hydrogens is 344 g/mol. The largest absolute Gasteiger partial charge is 0.490 e. The molecule has 0 aliphatic heterocycles. The maximum absolute atomic E-state index is 11.9. The number of nitrogens with zero attached hydrogens (tertiary/aromatic N) is 6. The standard InChI is InChI=1S/C11H13ClN8O4/c1-2-18-5-7(12)9(16-18)10(22)15-14-8(21)3-4-19-6-13-11(17-19)20(23)24/h5-6H,2-4H2,1H3,(H,14,21)(H,15,22). The van der Waals surface area contributed by atoms with E-state index in [9.17, 15) is 19.7 Å². The monoisotopic (exact) mass is 356 g/mol. The van der Waals surface area contributed by atoms with Crippen LogP contribution in [0.15, 0.2) is 12.5 Å². The maximum atomic E-state index is 11.9. The second-order valence-electron chi connectivity index (χ2n) is 4.50. The highest BCUT2D eigenvalue weighted by molar-refractivity contribution is 6.33. The molecular formula is C11H13ClN8O4. The average molecular weight is 357 g/mol. The molecule has 2 rings (SSSR count). The normalized spacial score (nSPS) is 10.4. The highest BCUT2D eigenvalue weighted by Gasteiger charge is 2.17. The van der Waals surface area contributed by atoms with Crippen molar-refractivity contribution in [3.8, 4) is 0 Å². The Morgan fingerprint density at radius 3 is 2.67 bits per heavy atom. The highest BCUT2D eigenvalue weighted by Crippen LogP contribution is 2.13. The number of carbonyl (C=O) groups excluding carboxylic acids is 2. The van der Waals surface area contributed by atoms with Gasteiger partial charge in [0.2, 0.25) is 12.2 Å². The molecule has 2 heterocycles. The van der Waals surface area contributed by atoms with Crippen molar-refractivity contribution in [2.45, 2.75) is 26.4 Å². The number of amides is 2. The number of nitro groups is 1. The van der Waals surface area contributed by atoms with E-state index in [2.05, 4.69) is 26.0 Å². The van der Waals surface area contributed by atoms with Gasteiger partial charge >= 0.3 is 5.95 Å². The van der Waals surface area contributed by atoms with Gasteiger partial charge in [0.05, 0.1) is 11.6 Å². The van der Waals surface area contributed by atoms with Crippen LogP contribution in [0.1, 0.15) is 23.8 Å². The minimum atomic E-state index is -0.740. The Morgan fingerprint density at radius 2 is 2.08 bits per heavy atom. The molecule has 0 radical (unpaired) electrons. The first-order valence-electron chi connectivity index (χ1n) is 6.76. The summed E-state index contributed by atoms with van der Waals surface area (Å²) in [5.74, 6) is -1.73. The van der Waals surface area contributed by atoms with Crippen LogP contribution in [0.2, 0.25) is 5.02 Å². The minimum absolute atomic E-state index is 0.00859. The van der Waals surface area contributed by atoms with Crippen LogP contribution < -0.4 is 10.9 Å². The van der Waals surface area contributed by atoms with Gasteiger partial charge in [-0.3, -0.25) is 25.1 Å². The topological polar surface area (TPSA) is 150 Å². The number of hydrazine groups is 1. The second-order valence-corrected chi connectivity index (χ2v) is 4.91. The Hall–Kier alpha value is -3.02. The fourth-order valence-electron chi connectivity index (χ4n) is 1.65. The molecule has 24 heavy (non-hydrogen) atoms.